The normalized spacial score (nSPS) is 17.7. The number of allylic oxidation sites excluding steroid dienone is 3. The average molecular weight is 235 g/mol. The molecule has 0 aromatic heterocycles. The molecular weight excluding hydrogens is 225 g/mol. The molecule has 0 unspecified atom stereocenters. The van der Waals surface area contributed by atoms with E-state index in [0.29, 0.717) is 20.7 Å². The molecule has 0 bridgehead atoms. The third-order valence-electron chi connectivity index (χ3n) is 1.10. The Morgan fingerprint density at radius 2 is 2.56 bits per heavy atom. The number of hydrogen-bond acceptors (Lipinski definition) is 1. The minimum Gasteiger partial charge on any atom is -0.388 e. The average Bonchev–Trinajstić information content (AvgIpc) is 2.13. The standard InChI is InChI=1S/C7H10IN/c1-9-7-3-2-5-8-6-4-7/h2-4,6,9H,5H2,1H3. The molecular formula is C7H10IN. The summed E-state index contributed by atoms with van der Waals surface area (Å²) in [6.07, 6.45) is 6.54. The Morgan fingerprint density at radius 1 is 1.67 bits per heavy atom. The Morgan fingerprint density at radius 3 is 3.33 bits per heavy atom. The van der Waals surface area contributed by atoms with Crippen molar-refractivity contribution < 1.29 is 0 Å². The van der Waals surface area contributed by atoms with Crippen molar-refractivity contribution in [2.75, 3.05) is 11.5 Å². The van der Waals surface area contributed by atoms with Gasteiger partial charge in [-0.2, -0.15) is 0 Å². The monoisotopic (exact) mass is 235 g/mol. The molecule has 9 heavy (non-hydrogen) atoms. The summed E-state index contributed by atoms with van der Waals surface area (Å²) in [6.45, 7) is 0. The molecule has 0 amide bonds. The molecule has 1 nitrogen and oxygen atoms in total. The van der Waals surface area contributed by atoms with Crippen LogP contribution in [0.3, 0.4) is 0 Å². The van der Waals surface area contributed by atoms with E-state index >= 15 is 0 Å². The molecule has 0 aromatic carbocycles. The van der Waals surface area contributed by atoms with E-state index in [-0.39, 0.29) is 0 Å². The summed E-state index contributed by atoms with van der Waals surface area (Å²) in [5.41, 5.74) is 1.23. The molecule has 0 spiro atoms. The zero-order valence-electron chi connectivity index (χ0n) is 5.39. The maximum absolute atomic E-state index is 3.10. The largest absolute Gasteiger partial charge is 0.388 e. The van der Waals surface area contributed by atoms with Crippen LogP contribution in [0.4, 0.5) is 0 Å². The quantitative estimate of drug-likeness (QED) is 0.535. The smallest absolute Gasteiger partial charge is 0.0338 e. The van der Waals surface area contributed by atoms with E-state index in [4.69, 9.17) is 0 Å². The lowest BCUT2D eigenvalue weighted by Crippen LogP contribution is -2.02. The Hall–Kier alpha value is -0.120. The van der Waals surface area contributed by atoms with Crippen LogP contribution in [-0.4, -0.2) is 15.5 Å². The molecule has 1 N–H and O–H groups in total. The van der Waals surface area contributed by atoms with Crippen LogP contribution in [0.25, 0.3) is 0 Å². The van der Waals surface area contributed by atoms with E-state index in [9.17, 15) is 0 Å². The molecule has 0 saturated carbocycles. The molecule has 0 radical (unpaired) electrons. The van der Waals surface area contributed by atoms with E-state index in [0.717, 1.165) is 0 Å². The minimum atomic E-state index is 0.326. The molecule has 1 rings (SSSR count). The van der Waals surface area contributed by atoms with Gasteiger partial charge in [-0.1, -0.05) is 6.08 Å². The van der Waals surface area contributed by atoms with Crippen LogP contribution in [0.1, 0.15) is 0 Å². The fraction of sp³-hybridized carbons (Fsp3) is 0.286. The van der Waals surface area contributed by atoms with Crippen LogP contribution >= 0.6 is 20.7 Å². The summed E-state index contributed by atoms with van der Waals surface area (Å²) in [5.74, 6) is 0. The Balaban J connectivity index is 2.67. The summed E-state index contributed by atoms with van der Waals surface area (Å²) in [7, 11) is 1.95. The molecule has 1 aliphatic heterocycles. The highest BCUT2D eigenvalue weighted by Crippen LogP contribution is 2.02. The van der Waals surface area contributed by atoms with Crippen LogP contribution in [0.15, 0.2) is 23.9 Å². The number of likely N-dealkylation sites (N-methyl/N-ethyl adjacent to an activating group) is 1. The molecule has 0 aliphatic carbocycles. The van der Waals surface area contributed by atoms with Crippen molar-refractivity contribution in [3.8, 4) is 0 Å². The van der Waals surface area contributed by atoms with Crippen LogP contribution in [-0.2, 0) is 0 Å². The van der Waals surface area contributed by atoms with Gasteiger partial charge in [0.15, 0.2) is 0 Å². The van der Waals surface area contributed by atoms with Crippen LogP contribution < -0.4 is 5.32 Å². The molecule has 0 fully saturated rings. The number of rotatable bonds is 1. The van der Waals surface area contributed by atoms with Gasteiger partial charge in [0.05, 0.1) is 0 Å². The number of alkyl halides is 1. The molecule has 50 valence electrons. The second-order valence-electron chi connectivity index (χ2n) is 1.71. The van der Waals surface area contributed by atoms with Gasteiger partial charge in [-0.15, -0.1) is 20.7 Å². The number of nitrogens with one attached hydrogen (secondary N) is 1. The van der Waals surface area contributed by atoms with E-state index in [1.54, 1.807) is 0 Å². The first kappa shape index (κ1) is 6.99. The lowest BCUT2D eigenvalue weighted by molar-refractivity contribution is 1.04. The lowest BCUT2D eigenvalue weighted by atomic mass is 10.4. The van der Waals surface area contributed by atoms with E-state index in [2.05, 4.69) is 27.6 Å². The first-order valence-corrected chi connectivity index (χ1v) is 5.66. The maximum atomic E-state index is 3.10. The Bertz CT molecular complexity index is 168. The highest BCUT2D eigenvalue weighted by molar-refractivity contribution is 14.2. The van der Waals surface area contributed by atoms with Gasteiger partial charge in [0.25, 0.3) is 0 Å². The van der Waals surface area contributed by atoms with Crippen LogP contribution in [0, 0.1) is 0 Å². The fourth-order valence-corrected chi connectivity index (χ4v) is 2.09. The molecule has 2 heteroatoms. The summed E-state index contributed by atoms with van der Waals surface area (Å²) < 4.78 is 3.57. The van der Waals surface area contributed by atoms with Crippen LogP contribution in [0.2, 0.25) is 0 Å². The van der Waals surface area contributed by atoms with Gasteiger partial charge in [-0.25, -0.2) is 0 Å². The minimum absolute atomic E-state index is 0.326. The van der Waals surface area contributed by atoms with Gasteiger partial charge < -0.3 is 5.32 Å². The summed E-state index contributed by atoms with van der Waals surface area (Å²) in [6, 6.07) is 0. The zero-order valence-corrected chi connectivity index (χ0v) is 7.55. The Labute approximate surface area is 65.6 Å². The number of halogens is 1. The SMILES string of the molecule is CNC1=CC=ICC=C1. The second-order valence-corrected chi connectivity index (χ2v) is 4.19. The van der Waals surface area contributed by atoms with Crippen molar-refractivity contribution >= 4 is 24.7 Å². The van der Waals surface area contributed by atoms with Gasteiger partial charge in [0.1, 0.15) is 0 Å². The van der Waals surface area contributed by atoms with Crippen molar-refractivity contribution in [1.82, 2.24) is 5.32 Å². The molecule has 0 saturated heterocycles. The van der Waals surface area contributed by atoms with Crippen molar-refractivity contribution in [1.29, 1.82) is 0 Å². The first-order valence-electron chi connectivity index (χ1n) is 2.89. The second kappa shape index (κ2) is 3.82. The van der Waals surface area contributed by atoms with Gasteiger partial charge in [-0.3, -0.25) is 0 Å². The number of hydrogen-bond donors (Lipinski definition) is 1. The topological polar surface area (TPSA) is 12.0 Å². The molecule has 1 heterocycles. The molecule has 0 aromatic rings. The van der Waals surface area contributed by atoms with E-state index in [1.165, 1.54) is 10.1 Å². The summed E-state index contributed by atoms with van der Waals surface area (Å²) >= 11 is 0.326. The predicted octanol–water partition coefficient (Wildman–Crippen LogP) is 1.43. The van der Waals surface area contributed by atoms with Crippen molar-refractivity contribution in [2.24, 2.45) is 0 Å². The van der Waals surface area contributed by atoms with Crippen molar-refractivity contribution in [2.45, 2.75) is 0 Å². The highest BCUT2D eigenvalue weighted by atomic mass is 127. The van der Waals surface area contributed by atoms with Crippen LogP contribution in [0.5, 0.6) is 0 Å². The Kier molecular flexibility index (Phi) is 2.97. The first-order chi connectivity index (χ1) is 4.43. The predicted molar refractivity (Wildman–Crippen MR) is 51.2 cm³/mol. The third-order valence-corrected chi connectivity index (χ3v) is 2.98. The van der Waals surface area contributed by atoms with Crippen molar-refractivity contribution in [3.05, 3.63) is 23.9 Å². The zero-order chi connectivity index (χ0) is 6.53. The van der Waals surface area contributed by atoms with Crippen molar-refractivity contribution in [3.63, 3.8) is 0 Å². The van der Waals surface area contributed by atoms with E-state index < -0.39 is 0 Å². The lowest BCUT2D eigenvalue weighted by Gasteiger charge is -1.94. The summed E-state index contributed by atoms with van der Waals surface area (Å²) in [4.78, 5) is 0. The maximum Gasteiger partial charge on any atom is 0.0338 e. The molecule has 0 atom stereocenters. The van der Waals surface area contributed by atoms with Gasteiger partial charge >= 0.3 is 0 Å². The van der Waals surface area contributed by atoms with Gasteiger partial charge in [0, 0.05) is 17.2 Å². The van der Waals surface area contributed by atoms with Gasteiger partial charge in [0.2, 0.25) is 0 Å². The van der Waals surface area contributed by atoms with E-state index in [1.807, 2.05) is 7.05 Å². The highest BCUT2D eigenvalue weighted by Gasteiger charge is 1.85. The fourth-order valence-electron chi connectivity index (χ4n) is 0.609. The summed E-state index contributed by atoms with van der Waals surface area (Å²) in [5, 5.41) is 3.10. The third kappa shape index (κ3) is 2.30. The molecule has 1 aliphatic rings. The van der Waals surface area contributed by atoms with Gasteiger partial charge in [-0.05, 0) is 16.2 Å².